The zero-order valence-corrected chi connectivity index (χ0v) is 5.65. The molecule has 0 radical (unpaired) electrons. The molecular formula is C6H16KN. The van der Waals surface area contributed by atoms with E-state index in [1.54, 1.807) is 0 Å². The summed E-state index contributed by atoms with van der Waals surface area (Å²) in [6.07, 6.45) is 0. The van der Waals surface area contributed by atoms with Gasteiger partial charge in [-0.2, -0.15) is 0 Å². The first-order valence-electron chi connectivity index (χ1n) is 2.89. The van der Waals surface area contributed by atoms with Crippen LogP contribution < -0.4 is 5.32 Å². The van der Waals surface area contributed by atoms with Crippen LogP contribution in [0.1, 0.15) is 27.7 Å². The van der Waals surface area contributed by atoms with Gasteiger partial charge in [-0.25, -0.2) is 0 Å². The molecule has 0 saturated heterocycles. The first-order chi connectivity index (χ1) is 3.13. The molecule has 8 heavy (non-hydrogen) atoms. The van der Waals surface area contributed by atoms with E-state index in [2.05, 4.69) is 33.0 Å². The van der Waals surface area contributed by atoms with E-state index in [9.17, 15) is 0 Å². The predicted molar refractivity (Wildman–Crippen MR) is 40.6 cm³/mol. The third-order valence-corrected chi connectivity index (χ3v) is 0.667. The van der Waals surface area contributed by atoms with Gasteiger partial charge in [-0.3, -0.25) is 0 Å². The molecule has 0 atom stereocenters. The minimum atomic E-state index is 0. The van der Waals surface area contributed by atoms with Gasteiger partial charge in [-0.1, -0.05) is 27.7 Å². The quantitative estimate of drug-likeness (QED) is 0.559. The van der Waals surface area contributed by atoms with Crippen molar-refractivity contribution in [2.45, 2.75) is 39.8 Å². The third kappa shape index (κ3) is 10.6. The molecule has 0 saturated carbocycles. The summed E-state index contributed by atoms with van der Waals surface area (Å²) in [5.74, 6) is 0. The van der Waals surface area contributed by atoms with Gasteiger partial charge >= 0.3 is 51.4 Å². The van der Waals surface area contributed by atoms with Gasteiger partial charge in [0.1, 0.15) is 0 Å². The summed E-state index contributed by atoms with van der Waals surface area (Å²) in [4.78, 5) is 0. The van der Waals surface area contributed by atoms with Crippen LogP contribution in [0, 0.1) is 0 Å². The van der Waals surface area contributed by atoms with Crippen LogP contribution in [0.25, 0.3) is 0 Å². The van der Waals surface area contributed by atoms with Gasteiger partial charge in [-0.15, -0.1) is 0 Å². The molecule has 0 bridgehead atoms. The van der Waals surface area contributed by atoms with Crippen molar-refractivity contribution in [2.24, 2.45) is 0 Å². The fourth-order valence-electron chi connectivity index (χ4n) is 0.667. The summed E-state index contributed by atoms with van der Waals surface area (Å²) >= 11 is 0. The van der Waals surface area contributed by atoms with Crippen molar-refractivity contribution in [1.82, 2.24) is 5.32 Å². The third-order valence-electron chi connectivity index (χ3n) is 0.667. The van der Waals surface area contributed by atoms with Gasteiger partial charge in [0.25, 0.3) is 0 Å². The van der Waals surface area contributed by atoms with Gasteiger partial charge in [-0.05, 0) is 0 Å². The van der Waals surface area contributed by atoms with Gasteiger partial charge in [0.15, 0.2) is 0 Å². The van der Waals surface area contributed by atoms with E-state index in [1.165, 1.54) is 0 Å². The number of nitrogens with one attached hydrogen (secondary N) is 1. The molecule has 0 aromatic heterocycles. The van der Waals surface area contributed by atoms with E-state index in [4.69, 9.17) is 0 Å². The number of hydrogen-bond acceptors (Lipinski definition) is 1. The van der Waals surface area contributed by atoms with Crippen LogP contribution in [0.3, 0.4) is 0 Å². The maximum atomic E-state index is 3.31. The number of hydrogen-bond donors (Lipinski definition) is 1. The number of rotatable bonds is 2. The molecule has 0 unspecified atom stereocenters. The topological polar surface area (TPSA) is 12.0 Å². The Morgan fingerprint density at radius 3 is 1.12 bits per heavy atom. The van der Waals surface area contributed by atoms with Crippen LogP contribution in [-0.4, -0.2) is 63.5 Å². The Morgan fingerprint density at radius 2 is 1.12 bits per heavy atom. The molecule has 0 aliphatic heterocycles. The molecule has 0 amide bonds. The van der Waals surface area contributed by atoms with Crippen LogP contribution in [0.5, 0.6) is 0 Å². The molecule has 0 aromatic rings. The van der Waals surface area contributed by atoms with E-state index < -0.39 is 0 Å². The SMILES string of the molecule is CC(C)NC(C)C.[KH]. The van der Waals surface area contributed by atoms with Crippen LogP contribution in [0.15, 0.2) is 0 Å². The Balaban J connectivity index is 0. The second-order valence-electron chi connectivity index (χ2n) is 2.48. The van der Waals surface area contributed by atoms with E-state index in [1.807, 2.05) is 0 Å². The second kappa shape index (κ2) is 6.71. The monoisotopic (exact) mass is 141 g/mol. The van der Waals surface area contributed by atoms with Crippen molar-refractivity contribution in [3.05, 3.63) is 0 Å². The van der Waals surface area contributed by atoms with E-state index in [0.717, 1.165) is 0 Å². The van der Waals surface area contributed by atoms with Crippen molar-refractivity contribution < 1.29 is 0 Å². The standard InChI is InChI=1S/C6H15N.K.H/c1-5(2)7-6(3)4;;/h5-7H,1-4H3;;. The van der Waals surface area contributed by atoms with Crippen LogP contribution in [-0.2, 0) is 0 Å². The summed E-state index contributed by atoms with van der Waals surface area (Å²) in [5, 5.41) is 3.31. The van der Waals surface area contributed by atoms with Gasteiger partial charge in [0.2, 0.25) is 0 Å². The minimum absolute atomic E-state index is 0. The summed E-state index contributed by atoms with van der Waals surface area (Å²) in [6, 6.07) is 1.25. The fourth-order valence-corrected chi connectivity index (χ4v) is 0.667. The summed E-state index contributed by atoms with van der Waals surface area (Å²) in [7, 11) is 0. The first-order valence-corrected chi connectivity index (χ1v) is 2.89. The van der Waals surface area contributed by atoms with Gasteiger partial charge in [0, 0.05) is 12.1 Å². The van der Waals surface area contributed by atoms with Crippen molar-refractivity contribution in [1.29, 1.82) is 0 Å². The maximum absolute atomic E-state index is 3.31. The first kappa shape index (κ1) is 12.3. The molecule has 0 aliphatic carbocycles. The molecule has 0 heterocycles. The Labute approximate surface area is 95.0 Å². The summed E-state index contributed by atoms with van der Waals surface area (Å²) < 4.78 is 0. The molecule has 0 fully saturated rings. The van der Waals surface area contributed by atoms with Crippen molar-refractivity contribution in [3.8, 4) is 0 Å². The summed E-state index contributed by atoms with van der Waals surface area (Å²) in [6.45, 7) is 8.61. The van der Waals surface area contributed by atoms with Crippen LogP contribution >= 0.6 is 0 Å². The Morgan fingerprint density at radius 1 is 0.875 bits per heavy atom. The van der Waals surface area contributed by atoms with Gasteiger partial charge < -0.3 is 5.32 Å². The average Bonchev–Trinajstić information content (AvgIpc) is 1.27. The molecule has 1 nitrogen and oxygen atoms in total. The second-order valence-corrected chi connectivity index (χ2v) is 2.48. The van der Waals surface area contributed by atoms with E-state index in [0.29, 0.717) is 12.1 Å². The molecule has 1 N–H and O–H groups in total. The Kier molecular flexibility index (Phi) is 10.3. The fraction of sp³-hybridized carbons (Fsp3) is 1.00. The molecule has 46 valence electrons. The average molecular weight is 141 g/mol. The summed E-state index contributed by atoms with van der Waals surface area (Å²) in [5.41, 5.74) is 0. The molecule has 0 rings (SSSR count). The molecule has 0 spiro atoms. The van der Waals surface area contributed by atoms with Crippen molar-refractivity contribution in [3.63, 3.8) is 0 Å². The zero-order valence-electron chi connectivity index (χ0n) is 5.65. The normalized spacial score (nSPS) is 9.75. The molecule has 2 heteroatoms. The van der Waals surface area contributed by atoms with Crippen LogP contribution in [0.2, 0.25) is 0 Å². The predicted octanol–water partition coefficient (Wildman–Crippen LogP) is 0.744. The van der Waals surface area contributed by atoms with Crippen molar-refractivity contribution in [2.75, 3.05) is 0 Å². The Bertz CT molecular complexity index is 37.8. The molecule has 0 aromatic carbocycles. The zero-order chi connectivity index (χ0) is 5.86. The van der Waals surface area contributed by atoms with Crippen molar-refractivity contribution >= 4 is 51.4 Å². The van der Waals surface area contributed by atoms with E-state index in [-0.39, 0.29) is 51.4 Å². The van der Waals surface area contributed by atoms with Crippen LogP contribution in [0.4, 0.5) is 0 Å². The Hall–Kier alpha value is 1.60. The van der Waals surface area contributed by atoms with E-state index >= 15 is 0 Å². The van der Waals surface area contributed by atoms with Gasteiger partial charge in [0.05, 0.1) is 0 Å². The molecule has 0 aliphatic rings. The molecular weight excluding hydrogens is 125 g/mol.